The van der Waals surface area contributed by atoms with E-state index in [1.54, 1.807) is 19.5 Å². The molecule has 1 aromatic carbocycles. The summed E-state index contributed by atoms with van der Waals surface area (Å²) in [6.45, 7) is 4.63. The molecule has 1 amide bonds. The fourth-order valence-corrected chi connectivity index (χ4v) is 3.77. The van der Waals surface area contributed by atoms with Gasteiger partial charge in [0.2, 0.25) is 5.88 Å². The third-order valence-electron chi connectivity index (χ3n) is 5.27. The van der Waals surface area contributed by atoms with Gasteiger partial charge in [-0.1, -0.05) is 13.3 Å². The van der Waals surface area contributed by atoms with Crippen LogP contribution < -0.4 is 4.74 Å². The molecule has 0 fully saturated rings. The molecule has 1 N–H and O–H groups in total. The van der Waals surface area contributed by atoms with E-state index in [2.05, 4.69) is 16.9 Å². The minimum absolute atomic E-state index is 0.0834. The van der Waals surface area contributed by atoms with Gasteiger partial charge in [0, 0.05) is 24.5 Å². The summed E-state index contributed by atoms with van der Waals surface area (Å²) in [5, 5.41) is 11.1. The molecule has 1 aliphatic heterocycles. The summed E-state index contributed by atoms with van der Waals surface area (Å²) in [6.07, 6.45) is 5.26. The molecule has 2 aromatic heterocycles. The van der Waals surface area contributed by atoms with Gasteiger partial charge in [-0.25, -0.2) is 4.99 Å². The van der Waals surface area contributed by atoms with Crippen molar-refractivity contribution >= 4 is 11.6 Å². The molecule has 6 heteroatoms. The number of carbonyl (C=O) groups excluding carboxylic acids is 1. The van der Waals surface area contributed by atoms with Gasteiger partial charge >= 0.3 is 0 Å². The summed E-state index contributed by atoms with van der Waals surface area (Å²) in [4.78, 5) is 21.4. The Bertz CT molecular complexity index is 1110. The number of unbranched alkanes of at least 4 members (excludes halogenated alkanes) is 1. The van der Waals surface area contributed by atoms with Crippen LogP contribution in [0.15, 0.2) is 47.7 Å². The summed E-state index contributed by atoms with van der Waals surface area (Å²) >= 11 is 0. The van der Waals surface area contributed by atoms with Crippen molar-refractivity contribution in [1.29, 1.82) is 0 Å². The van der Waals surface area contributed by atoms with Crippen molar-refractivity contribution < 1.29 is 14.6 Å². The largest absolute Gasteiger partial charge is 0.497 e. The number of nitrogens with zero attached hydrogens (tertiary/aromatic N) is 3. The van der Waals surface area contributed by atoms with E-state index >= 15 is 0 Å². The minimum atomic E-state index is -0.331. The Labute approximate surface area is 169 Å². The molecule has 0 bridgehead atoms. The maximum absolute atomic E-state index is 13.0. The highest BCUT2D eigenvalue weighted by Gasteiger charge is 2.36. The zero-order valence-electron chi connectivity index (χ0n) is 16.8. The van der Waals surface area contributed by atoms with E-state index in [4.69, 9.17) is 4.74 Å². The number of aromatic hydroxyl groups is 1. The molecular weight excluding hydrogens is 366 g/mol. The van der Waals surface area contributed by atoms with Crippen molar-refractivity contribution in [2.24, 2.45) is 4.99 Å². The number of amides is 1. The van der Waals surface area contributed by atoms with E-state index < -0.39 is 0 Å². The van der Waals surface area contributed by atoms with Crippen LogP contribution in [0.4, 0.5) is 0 Å². The van der Waals surface area contributed by atoms with E-state index in [9.17, 15) is 9.90 Å². The lowest BCUT2D eigenvalue weighted by Gasteiger charge is -2.12. The topological polar surface area (TPSA) is 76.7 Å². The van der Waals surface area contributed by atoms with Crippen molar-refractivity contribution in [3.05, 3.63) is 65.0 Å². The van der Waals surface area contributed by atoms with Gasteiger partial charge in [-0.2, -0.15) is 0 Å². The van der Waals surface area contributed by atoms with E-state index in [1.807, 2.05) is 41.8 Å². The zero-order chi connectivity index (χ0) is 20.5. The quantitative estimate of drug-likeness (QED) is 0.679. The summed E-state index contributed by atoms with van der Waals surface area (Å²) in [5.74, 6) is 0.486. The highest BCUT2D eigenvalue weighted by Crippen LogP contribution is 2.41. The molecule has 0 saturated heterocycles. The first kappa shape index (κ1) is 18.9. The highest BCUT2D eigenvalue weighted by atomic mass is 16.5. The first-order valence-electron chi connectivity index (χ1n) is 9.71. The average molecular weight is 389 g/mol. The van der Waals surface area contributed by atoms with Crippen LogP contribution in [0.1, 0.15) is 46.8 Å². The molecule has 148 valence electrons. The average Bonchev–Trinajstić information content (AvgIpc) is 3.22. The van der Waals surface area contributed by atoms with Gasteiger partial charge in [0.25, 0.3) is 5.91 Å². The van der Waals surface area contributed by atoms with Crippen molar-refractivity contribution in [3.63, 3.8) is 0 Å². The molecule has 6 nitrogen and oxygen atoms in total. The number of benzene rings is 1. The first-order valence-corrected chi connectivity index (χ1v) is 9.71. The Morgan fingerprint density at radius 1 is 1.14 bits per heavy atom. The number of pyridine rings is 1. The van der Waals surface area contributed by atoms with Crippen LogP contribution in [0.2, 0.25) is 0 Å². The molecular formula is C23H23N3O3. The summed E-state index contributed by atoms with van der Waals surface area (Å²) < 4.78 is 7.09. The molecule has 0 atom stereocenters. The second kappa shape index (κ2) is 7.54. The number of hydrogen-bond acceptors (Lipinski definition) is 4. The number of hydrogen-bond donors (Lipinski definition) is 1. The monoisotopic (exact) mass is 389 g/mol. The number of aliphatic imine (C=N–C) groups is 1. The lowest BCUT2D eigenvalue weighted by atomic mass is 9.98. The SMILES string of the molecule is CCCCn1c(O)c2c(c1-c1ccc(OC)cc1)C(=O)N=C2c1ccncc1C. The lowest BCUT2D eigenvalue weighted by Crippen LogP contribution is -2.05. The smallest absolute Gasteiger partial charge is 0.280 e. The van der Waals surface area contributed by atoms with Crippen LogP contribution in [0, 0.1) is 6.92 Å². The minimum Gasteiger partial charge on any atom is -0.497 e. The van der Waals surface area contributed by atoms with E-state index in [-0.39, 0.29) is 11.8 Å². The predicted octanol–water partition coefficient (Wildman–Crippen LogP) is 4.36. The summed E-state index contributed by atoms with van der Waals surface area (Å²) in [7, 11) is 1.61. The third kappa shape index (κ3) is 3.10. The molecule has 0 aliphatic carbocycles. The van der Waals surface area contributed by atoms with Gasteiger partial charge in [0.05, 0.1) is 29.6 Å². The zero-order valence-corrected chi connectivity index (χ0v) is 16.8. The standard InChI is InChI=1S/C23H23N3O3/c1-4-5-12-26-21(15-6-8-16(29-3)9-7-15)19-18(23(26)28)20(25-22(19)27)17-10-11-24-13-14(17)2/h6-11,13,28H,4-5,12H2,1-3H3. The number of fused-ring (bicyclic) bond motifs is 1. The van der Waals surface area contributed by atoms with Crippen LogP contribution in [-0.2, 0) is 6.54 Å². The normalized spacial score (nSPS) is 12.8. The van der Waals surface area contributed by atoms with Crippen LogP contribution in [0.25, 0.3) is 11.3 Å². The highest BCUT2D eigenvalue weighted by molar-refractivity contribution is 6.30. The van der Waals surface area contributed by atoms with Crippen LogP contribution in [0.3, 0.4) is 0 Å². The van der Waals surface area contributed by atoms with Crippen molar-refractivity contribution in [2.45, 2.75) is 33.2 Å². The summed E-state index contributed by atoms with van der Waals surface area (Å²) in [6, 6.07) is 9.33. The van der Waals surface area contributed by atoms with Crippen LogP contribution >= 0.6 is 0 Å². The Morgan fingerprint density at radius 2 is 1.90 bits per heavy atom. The summed E-state index contributed by atoms with van der Waals surface area (Å²) in [5.41, 5.74) is 4.71. The maximum atomic E-state index is 13.0. The molecule has 0 spiro atoms. The van der Waals surface area contributed by atoms with Gasteiger partial charge in [0.15, 0.2) is 0 Å². The van der Waals surface area contributed by atoms with Gasteiger partial charge in [-0.3, -0.25) is 9.78 Å². The number of carbonyl (C=O) groups is 1. The van der Waals surface area contributed by atoms with Gasteiger partial charge in [0.1, 0.15) is 5.75 Å². The second-order valence-electron chi connectivity index (χ2n) is 7.11. The molecule has 0 radical (unpaired) electrons. The molecule has 1 aliphatic rings. The molecule has 0 unspecified atom stereocenters. The first-order chi connectivity index (χ1) is 14.1. The second-order valence-corrected chi connectivity index (χ2v) is 7.11. The fraction of sp³-hybridized carbons (Fsp3) is 0.261. The number of aryl methyl sites for hydroxylation is 1. The van der Waals surface area contributed by atoms with E-state index in [1.165, 1.54) is 0 Å². The fourth-order valence-electron chi connectivity index (χ4n) is 3.77. The molecule has 4 rings (SSSR count). The molecule has 29 heavy (non-hydrogen) atoms. The molecule has 3 aromatic rings. The third-order valence-corrected chi connectivity index (χ3v) is 5.27. The van der Waals surface area contributed by atoms with Gasteiger partial charge in [-0.15, -0.1) is 0 Å². The Balaban J connectivity index is 1.94. The van der Waals surface area contributed by atoms with Crippen LogP contribution in [0.5, 0.6) is 11.6 Å². The van der Waals surface area contributed by atoms with Crippen LogP contribution in [-0.4, -0.2) is 33.4 Å². The van der Waals surface area contributed by atoms with E-state index in [0.717, 1.165) is 35.3 Å². The number of ether oxygens (including phenoxy) is 1. The Morgan fingerprint density at radius 3 is 2.55 bits per heavy atom. The number of rotatable bonds is 6. The lowest BCUT2D eigenvalue weighted by molar-refractivity contribution is 0.101. The number of aromatic nitrogens is 2. The molecule has 0 saturated carbocycles. The van der Waals surface area contributed by atoms with Gasteiger partial charge in [-0.05, 0) is 54.8 Å². The van der Waals surface area contributed by atoms with Crippen molar-refractivity contribution in [2.75, 3.05) is 7.11 Å². The Kier molecular flexibility index (Phi) is 4.92. The van der Waals surface area contributed by atoms with Crippen molar-refractivity contribution in [1.82, 2.24) is 9.55 Å². The maximum Gasteiger partial charge on any atom is 0.280 e. The van der Waals surface area contributed by atoms with Gasteiger partial charge < -0.3 is 14.4 Å². The van der Waals surface area contributed by atoms with Crippen molar-refractivity contribution in [3.8, 4) is 22.9 Å². The molecule has 3 heterocycles. The Hall–Kier alpha value is -3.41. The predicted molar refractivity (Wildman–Crippen MR) is 112 cm³/mol. The number of methoxy groups -OCH3 is 1. The van der Waals surface area contributed by atoms with E-state index in [0.29, 0.717) is 29.1 Å².